The van der Waals surface area contributed by atoms with Gasteiger partial charge in [-0.2, -0.15) is 0 Å². The van der Waals surface area contributed by atoms with Gasteiger partial charge in [0.2, 0.25) is 0 Å². The summed E-state index contributed by atoms with van der Waals surface area (Å²) in [6, 6.07) is 4.61. The minimum atomic E-state index is -0.267. The zero-order valence-electron chi connectivity index (χ0n) is 9.95. The smallest absolute Gasteiger partial charge is 0.125 e. The van der Waals surface area contributed by atoms with Crippen LogP contribution in [0.15, 0.2) is 18.2 Å². The number of rotatable bonds is 4. The number of aryl methyl sites for hydroxylation is 1. The summed E-state index contributed by atoms with van der Waals surface area (Å²) in [5, 5.41) is 12.5. The van der Waals surface area contributed by atoms with E-state index in [0.717, 1.165) is 25.0 Å². The van der Waals surface area contributed by atoms with Gasteiger partial charge in [-0.1, -0.05) is 0 Å². The average Bonchev–Trinajstić information content (AvgIpc) is 2.77. The number of hydrogen-bond donors (Lipinski definition) is 2. The van der Waals surface area contributed by atoms with Gasteiger partial charge in [-0.15, -0.1) is 0 Å². The van der Waals surface area contributed by atoms with Gasteiger partial charge in [0.05, 0.1) is 18.8 Å². The summed E-state index contributed by atoms with van der Waals surface area (Å²) in [5.41, 5.74) is 1.55. The Bertz CT molecular complexity index is 357. The molecule has 0 radical (unpaired) electrons. The lowest BCUT2D eigenvalue weighted by molar-refractivity contribution is 0.0758. The Morgan fingerprint density at radius 3 is 2.94 bits per heavy atom. The molecule has 0 aromatic heterocycles. The highest BCUT2D eigenvalue weighted by Crippen LogP contribution is 2.20. The van der Waals surface area contributed by atoms with Crippen molar-refractivity contribution in [3.8, 4) is 0 Å². The molecular weight excluding hydrogens is 221 g/mol. The molecule has 2 atom stereocenters. The van der Waals surface area contributed by atoms with Crippen LogP contribution in [0.4, 0.5) is 10.1 Å². The molecule has 1 heterocycles. The molecular formula is C13H18FNO2. The summed E-state index contributed by atoms with van der Waals surface area (Å²) in [6.45, 7) is 2.57. The van der Waals surface area contributed by atoms with Crippen LogP contribution in [-0.2, 0) is 4.74 Å². The van der Waals surface area contributed by atoms with E-state index < -0.39 is 0 Å². The quantitative estimate of drug-likeness (QED) is 0.845. The highest BCUT2D eigenvalue weighted by Gasteiger charge is 2.25. The number of aliphatic hydroxyl groups is 1. The highest BCUT2D eigenvalue weighted by atomic mass is 19.1. The largest absolute Gasteiger partial charge is 0.394 e. The van der Waals surface area contributed by atoms with Gasteiger partial charge in [-0.05, 0) is 43.5 Å². The molecule has 1 aromatic rings. The molecule has 1 aliphatic heterocycles. The van der Waals surface area contributed by atoms with Crippen LogP contribution in [0.25, 0.3) is 0 Å². The summed E-state index contributed by atoms with van der Waals surface area (Å²) in [6.07, 6.45) is 1.97. The number of benzene rings is 1. The summed E-state index contributed by atoms with van der Waals surface area (Å²) < 4.78 is 18.7. The molecule has 1 aromatic carbocycles. The molecule has 2 rings (SSSR count). The number of aliphatic hydroxyl groups excluding tert-OH is 1. The van der Waals surface area contributed by atoms with Crippen molar-refractivity contribution in [2.45, 2.75) is 31.9 Å². The number of anilines is 1. The summed E-state index contributed by atoms with van der Waals surface area (Å²) in [4.78, 5) is 0. The van der Waals surface area contributed by atoms with Crippen molar-refractivity contribution >= 4 is 5.69 Å². The normalized spacial score (nSPS) is 21.5. The van der Waals surface area contributed by atoms with Crippen LogP contribution in [0.3, 0.4) is 0 Å². The number of nitrogens with one attached hydrogen (secondary N) is 1. The molecule has 2 N–H and O–H groups in total. The minimum Gasteiger partial charge on any atom is -0.394 e. The fourth-order valence-electron chi connectivity index (χ4n) is 2.21. The molecule has 3 nitrogen and oxygen atoms in total. The van der Waals surface area contributed by atoms with Crippen LogP contribution in [0, 0.1) is 12.7 Å². The van der Waals surface area contributed by atoms with E-state index in [1.165, 1.54) is 12.1 Å². The third kappa shape index (κ3) is 3.17. The maximum atomic E-state index is 13.2. The SMILES string of the molecule is Cc1cc(F)cc(NC(CO)C2CCCO2)c1. The van der Waals surface area contributed by atoms with E-state index in [1.54, 1.807) is 0 Å². The van der Waals surface area contributed by atoms with Crippen molar-refractivity contribution in [2.75, 3.05) is 18.5 Å². The molecule has 0 aliphatic carbocycles. The first-order chi connectivity index (χ1) is 8.19. The second-order valence-electron chi connectivity index (χ2n) is 4.50. The lowest BCUT2D eigenvalue weighted by atomic mass is 10.1. The van der Waals surface area contributed by atoms with E-state index in [1.807, 2.05) is 13.0 Å². The molecule has 4 heteroatoms. The molecule has 0 bridgehead atoms. The molecule has 94 valence electrons. The van der Waals surface area contributed by atoms with Crippen LogP contribution in [-0.4, -0.2) is 30.5 Å². The van der Waals surface area contributed by atoms with E-state index in [0.29, 0.717) is 5.69 Å². The van der Waals surface area contributed by atoms with Crippen molar-refractivity contribution in [1.29, 1.82) is 0 Å². The van der Waals surface area contributed by atoms with Gasteiger partial charge in [-0.3, -0.25) is 0 Å². The highest BCUT2D eigenvalue weighted by molar-refractivity contribution is 5.47. The molecule has 1 aliphatic rings. The number of halogens is 1. The summed E-state index contributed by atoms with van der Waals surface area (Å²) in [7, 11) is 0. The maximum Gasteiger partial charge on any atom is 0.125 e. The van der Waals surface area contributed by atoms with Crippen LogP contribution >= 0.6 is 0 Å². The Hall–Kier alpha value is -1.13. The average molecular weight is 239 g/mol. The van der Waals surface area contributed by atoms with E-state index >= 15 is 0 Å². The maximum absolute atomic E-state index is 13.2. The van der Waals surface area contributed by atoms with E-state index in [-0.39, 0.29) is 24.6 Å². The van der Waals surface area contributed by atoms with Gasteiger partial charge in [0.25, 0.3) is 0 Å². The second kappa shape index (κ2) is 5.47. The summed E-state index contributed by atoms with van der Waals surface area (Å²) >= 11 is 0. The lowest BCUT2D eigenvalue weighted by Crippen LogP contribution is -2.36. The topological polar surface area (TPSA) is 41.5 Å². The molecule has 1 saturated heterocycles. The van der Waals surface area contributed by atoms with E-state index in [2.05, 4.69) is 5.32 Å². The molecule has 2 unspecified atom stereocenters. The Kier molecular flexibility index (Phi) is 3.97. The zero-order valence-corrected chi connectivity index (χ0v) is 9.95. The minimum absolute atomic E-state index is 0.0137. The fourth-order valence-corrected chi connectivity index (χ4v) is 2.21. The number of ether oxygens (including phenoxy) is 1. The summed E-state index contributed by atoms with van der Waals surface area (Å²) in [5.74, 6) is -0.267. The Morgan fingerprint density at radius 2 is 2.35 bits per heavy atom. The predicted octanol–water partition coefficient (Wildman–Crippen LogP) is 2.09. The first-order valence-corrected chi connectivity index (χ1v) is 5.95. The van der Waals surface area contributed by atoms with E-state index in [4.69, 9.17) is 4.74 Å². The van der Waals surface area contributed by atoms with Crippen molar-refractivity contribution in [3.05, 3.63) is 29.6 Å². The Balaban J connectivity index is 2.06. The second-order valence-corrected chi connectivity index (χ2v) is 4.50. The number of hydrogen-bond acceptors (Lipinski definition) is 3. The first-order valence-electron chi connectivity index (χ1n) is 5.95. The monoisotopic (exact) mass is 239 g/mol. The van der Waals surface area contributed by atoms with Crippen molar-refractivity contribution in [1.82, 2.24) is 0 Å². The Morgan fingerprint density at radius 1 is 1.53 bits per heavy atom. The Labute approximate surface area is 101 Å². The van der Waals surface area contributed by atoms with Gasteiger partial charge >= 0.3 is 0 Å². The van der Waals surface area contributed by atoms with E-state index in [9.17, 15) is 9.50 Å². The third-order valence-corrected chi connectivity index (χ3v) is 3.00. The van der Waals surface area contributed by atoms with Gasteiger partial charge < -0.3 is 15.2 Å². The molecule has 17 heavy (non-hydrogen) atoms. The van der Waals surface area contributed by atoms with Gasteiger partial charge in [0.1, 0.15) is 5.82 Å². The lowest BCUT2D eigenvalue weighted by Gasteiger charge is -2.23. The van der Waals surface area contributed by atoms with Gasteiger partial charge in [0, 0.05) is 12.3 Å². The van der Waals surface area contributed by atoms with Crippen LogP contribution in [0.5, 0.6) is 0 Å². The van der Waals surface area contributed by atoms with Gasteiger partial charge in [-0.25, -0.2) is 4.39 Å². The standard InChI is InChI=1S/C13H18FNO2/c1-9-5-10(14)7-11(6-9)15-12(8-16)13-3-2-4-17-13/h5-7,12-13,15-16H,2-4,8H2,1H3. The fraction of sp³-hybridized carbons (Fsp3) is 0.538. The van der Waals surface area contributed by atoms with Crippen LogP contribution in [0.2, 0.25) is 0 Å². The zero-order chi connectivity index (χ0) is 12.3. The third-order valence-electron chi connectivity index (χ3n) is 3.00. The van der Waals surface area contributed by atoms with Crippen molar-refractivity contribution in [2.24, 2.45) is 0 Å². The molecule has 0 spiro atoms. The molecule has 0 amide bonds. The molecule has 0 saturated carbocycles. The van der Waals surface area contributed by atoms with Crippen LogP contribution < -0.4 is 5.32 Å². The van der Waals surface area contributed by atoms with Crippen LogP contribution in [0.1, 0.15) is 18.4 Å². The first kappa shape index (κ1) is 12.3. The van der Waals surface area contributed by atoms with Gasteiger partial charge in [0.15, 0.2) is 0 Å². The van der Waals surface area contributed by atoms with Crippen molar-refractivity contribution in [3.63, 3.8) is 0 Å². The molecule has 1 fully saturated rings. The van der Waals surface area contributed by atoms with Crippen molar-refractivity contribution < 1.29 is 14.2 Å². The predicted molar refractivity (Wildman–Crippen MR) is 64.6 cm³/mol.